The van der Waals surface area contributed by atoms with Crippen molar-refractivity contribution < 1.29 is 56.4 Å². The highest BCUT2D eigenvalue weighted by atomic mass is 19.2. The van der Waals surface area contributed by atoms with Gasteiger partial charge in [0.05, 0.1) is 37.6 Å². The van der Waals surface area contributed by atoms with E-state index in [1.54, 1.807) is 24.3 Å². The molecule has 12 heteroatoms. The molecule has 0 aliphatic heterocycles. The van der Waals surface area contributed by atoms with E-state index in [1.165, 1.54) is 216 Å². The maximum Gasteiger partial charge on any atom is 0.343 e. The average Bonchev–Trinajstić information content (AvgIpc) is 3.46. The molecule has 0 heterocycles. The smallest absolute Gasteiger partial charge is 0.343 e. The quantitative estimate of drug-likeness (QED) is 0.0234. The van der Waals surface area contributed by atoms with Crippen molar-refractivity contribution in [2.75, 3.05) is 26.4 Å². The summed E-state index contributed by atoms with van der Waals surface area (Å²) in [6, 6.07) is 14.7. The highest BCUT2D eigenvalue weighted by molar-refractivity contribution is 5.92. The second kappa shape index (κ2) is 45.4. The van der Waals surface area contributed by atoms with Gasteiger partial charge in [-0.15, -0.1) is 0 Å². The van der Waals surface area contributed by atoms with Crippen molar-refractivity contribution in [3.8, 4) is 23.0 Å². The molecule has 0 radical (unpaired) electrons. The minimum absolute atomic E-state index is 0.139. The fourth-order valence-corrected chi connectivity index (χ4v) is 9.27. The summed E-state index contributed by atoms with van der Waals surface area (Å²) in [6.07, 6.45) is 46.6. The molecule has 78 heavy (non-hydrogen) atoms. The summed E-state index contributed by atoms with van der Waals surface area (Å²) in [5, 5.41) is 0. The number of esters is 4. The fourth-order valence-electron chi connectivity index (χ4n) is 9.27. The first-order valence-corrected chi connectivity index (χ1v) is 30.2. The second-order valence-corrected chi connectivity index (χ2v) is 20.7. The number of hydrogen-bond acceptors (Lipinski definition) is 10. The van der Waals surface area contributed by atoms with Gasteiger partial charge in [0.1, 0.15) is 11.5 Å². The van der Waals surface area contributed by atoms with Crippen molar-refractivity contribution in [2.45, 2.75) is 231 Å². The summed E-state index contributed by atoms with van der Waals surface area (Å²) in [6.45, 7) is 8.93. The molecule has 0 fully saturated rings. The molecule has 0 aliphatic carbocycles. The van der Waals surface area contributed by atoms with Gasteiger partial charge < -0.3 is 28.4 Å². The van der Waals surface area contributed by atoms with E-state index in [0.29, 0.717) is 37.9 Å². The largest absolute Gasteiger partial charge is 0.494 e. The van der Waals surface area contributed by atoms with Crippen LogP contribution in [0.4, 0.5) is 8.78 Å². The van der Waals surface area contributed by atoms with Crippen molar-refractivity contribution in [2.24, 2.45) is 0 Å². The molecule has 0 unspecified atom stereocenters. The molecule has 3 aromatic carbocycles. The zero-order chi connectivity index (χ0) is 55.9. The van der Waals surface area contributed by atoms with E-state index in [0.717, 1.165) is 63.5 Å². The molecule has 3 aromatic rings. The minimum atomic E-state index is -1.45. The number of halogens is 2. The molecule has 0 spiro atoms. The van der Waals surface area contributed by atoms with E-state index in [4.69, 9.17) is 28.4 Å². The molecule has 0 aliphatic rings. The van der Waals surface area contributed by atoms with E-state index in [1.807, 2.05) is 0 Å². The van der Waals surface area contributed by atoms with Gasteiger partial charge >= 0.3 is 23.9 Å². The van der Waals surface area contributed by atoms with Gasteiger partial charge in [0.15, 0.2) is 11.5 Å². The third kappa shape index (κ3) is 33.0. The van der Waals surface area contributed by atoms with Crippen LogP contribution in [0.25, 0.3) is 0 Å². The standard InChI is InChI=1S/C66H96F2O10/c1-3-61(69)75-53-39-35-31-27-23-19-15-11-7-5-9-13-17-21-25-29-33-37-51-73-57-45-41-55(42-46-57)65(71)77-59-49-50-60(64(68)63(59)67)78-66(72)56-43-47-58(48-44-56)74-52-38-34-30-26-22-18-14-10-6-8-12-16-20-24-28-32-36-40-54-76-62(70)4-2/h3-4,41-50H,1-2,5-40,51-54H2. The second-order valence-electron chi connectivity index (χ2n) is 20.7. The van der Waals surface area contributed by atoms with Crippen LogP contribution in [0.5, 0.6) is 23.0 Å². The number of ether oxygens (including phenoxy) is 6. The molecule has 0 aromatic heterocycles. The zero-order valence-electron chi connectivity index (χ0n) is 47.5. The van der Waals surface area contributed by atoms with Crippen LogP contribution < -0.4 is 18.9 Å². The van der Waals surface area contributed by atoms with Crippen LogP contribution in [0.15, 0.2) is 86.0 Å². The Bertz CT molecular complexity index is 1920. The highest BCUT2D eigenvalue weighted by Gasteiger charge is 2.21. The van der Waals surface area contributed by atoms with Gasteiger partial charge in [-0.25, -0.2) is 19.2 Å². The Balaban J connectivity index is 1.14. The van der Waals surface area contributed by atoms with Gasteiger partial charge in [-0.3, -0.25) is 0 Å². The van der Waals surface area contributed by atoms with Gasteiger partial charge in [-0.2, -0.15) is 8.78 Å². The van der Waals surface area contributed by atoms with Crippen molar-refractivity contribution in [3.05, 3.63) is 109 Å². The average molecular weight is 1090 g/mol. The lowest BCUT2D eigenvalue weighted by atomic mass is 10.0. The van der Waals surface area contributed by atoms with E-state index in [-0.39, 0.29) is 23.1 Å². The molecule has 0 bridgehead atoms. The maximum atomic E-state index is 15.0. The lowest BCUT2D eigenvalue weighted by molar-refractivity contribution is -0.138. The van der Waals surface area contributed by atoms with E-state index in [9.17, 15) is 19.2 Å². The van der Waals surface area contributed by atoms with E-state index < -0.39 is 35.1 Å². The van der Waals surface area contributed by atoms with Crippen LogP contribution in [-0.2, 0) is 19.1 Å². The lowest BCUT2D eigenvalue weighted by Gasteiger charge is -2.11. The minimum Gasteiger partial charge on any atom is -0.494 e. The number of unbranched alkanes of at least 4 members (excludes halogenated alkanes) is 34. The molecule has 10 nitrogen and oxygen atoms in total. The van der Waals surface area contributed by atoms with Gasteiger partial charge in [-0.05, 0) is 86.3 Å². The first kappa shape index (κ1) is 66.8. The predicted octanol–water partition coefficient (Wildman–Crippen LogP) is 18.7. The van der Waals surface area contributed by atoms with Crippen molar-refractivity contribution >= 4 is 23.9 Å². The summed E-state index contributed by atoms with van der Waals surface area (Å²) in [5.41, 5.74) is 0.279. The highest BCUT2D eigenvalue weighted by Crippen LogP contribution is 2.30. The third-order valence-corrected chi connectivity index (χ3v) is 14.0. The van der Waals surface area contributed by atoms with Crippen LogP contribution in [0, 0.1) is 11.6 Å². The molecule has 3 rings (SSSR count). The van der Waals surface area contributed by atoms with E-state index in [2.05, 4.69) is 13.2 Å². The first-order chi connectivity index (χ1) is 38.2. The Morgan fingerprint density at radius 3 is 0.769 bits per heavy atom. The summed E-state index contributed by atoms with van der Waals surface area (Å²) in [4.78, 5) is 47.7. The molecule has 434 valence electrons. The van der Waals surface area contributed by atoms with Crippen molar-refractivity contribution in [1.82, 2.24) is 0 Å². The third-order valence-electron chi connectivity index (χ3n) is 14.0. The summed E-state index contributed by atoms with van der Waals surface area (Å²) in [7, 11) is 0. The van der Waals surface area contributed by atoms with Gasteiger partial charge in [0, 0.05) is 12.2 Å². The Hall–Kier alpha value is -5.52. The molecule has 0 atom stereocenters. The normalized spacial score (nSPS) is 11.0. The Kier molecular flexibility index (Phi) is 38.8. The van der Waals surface area contributed by atoms with Gasteiger partial charge in [0.25, 0.3) is 0 Å². The molecule has 0 saturated carbocycles. The van der Waals surface area contributed by atoms with Crippen LogP contribution >= 0.6 is 0 Å². The number of benzene rings is 3. The monoisotopic (exact) mass is 1090 g/mol. The molecular weight excluding hydrogens is 991 g/mol. The Labute approximate surface area is 467 Å². The Morgan fingerprint density at radius 1 is 0.321 bits per heavy atom. The summed E-state index contributed by atoms with van der Waals surface area (Å²) < 4.78 is 62.1. The number of carbonyl (C=O) groups excluding carboxylic acids is 4. The molecule has 0 saturated heterocycles. The lowest BCUT2D eigenvalue weighted by Crippen LogP contribution is -2.12. The Morgan fingerprint density at radius 2 is 0.538 bits per heavy atom. The van der Waals surface area contributed by atoms with Crippen LogP contribution in [0.3, 0.4) is 0 Å². The topological polar surface area (TPSA) is 124 Å². The zero-order valence-corrected chi connectivity index (χ0v) is 47.5. The molecule has 0 amide bonds. The number of rotatable bonds is 50. The SMILES string of the molecule is C=CC(=O)OCCCCCCCCCCCCCCCCCCCCOc1ccc(C(=O)Oc2ccc(OC(=O)c3ccc(OCCCCCCCCCCCCCCCCCCCCOC(=O)C=C)cc3)c(F)c2F)cc1. The van der Waals surface area contributed by atoms with Gasteiger partial charge in [0.2, 0.25) is 11.6 Å². The van der Waals surface area contributed by atoms with Gasteiger partial charge in [-0.1, -0.05) is 219 Å². The molecular formula is C66H96F2O10. The number of carbonyl (C=O) groups is 4. The molecule has 0 N–H and O–H groups in total. The first-order valence-electron chi connectivity index (χ1n) is 30.2. The summed E-state index contributed by atoms with van der Waals surface area (Å²) in [5.74, 6) is -5.37. The van der Waals surface area contributed by atoms with Crippen LogP contribution in [0.2, 0.25) is 0 Å². The maximum absolute atomic E-state index is 15.0. The van der Waals surface area contributed by atoms with Crippen LogP contribution in [0.1, 0.15) is 252 Å². The van der Waals surface area contributed by atoms with Crippen LogP contribution in [-0.4, -0.2) is 50.3 Å². The number of hydrogen-bond donors (Lipinski definition) is 0. The van der Waals surface area contributed by atoms with E-state index >= 15 is 8.78 Å². The predicted molar refractivity (Wildman–Crippen MR) is 309 cm³/mol. The van der Waals surface area contributed by atoms with Crippen molar-refractivity contribution in [3.63, 3.8) is 0 Å². The summed E-state index contributed by atoms with van der Waals surface area (Å²) >= 11 is 0. The van der Waals surface area contributed by atoms with Crippen molar-refractivity contribution in [1.29, 1.82) is 0 Å². The fraction of sp³-hybridized carbons (Fsp3) is 0.606.